The first-order valence-corrected chi connectivity index (χ1v) is 47.7. The van der Waals surface area contributed by atoms with Gasteiger partial charge in [0.2, 0.25) is 0 Å². The first-order chi connectivity index (χ1) is 69.5. The fourth-order valence-corrected chi connectivity index (χ4v) is 23.4. The minimum Gasteiger partial charge on any atom is -0.309 e. The van der Waals surface area contributed by atoms with Crippen molar-refractivity contribution in [1.82, 2.24) is 56.5 Å². The standard InChI is InChI=1S/C128H78N12/c1-6-32-79(33-7-1)128-131-106(80-58-60-94(118(66-80)139-114-56-30-22-48-92(114)102-70-98-88-44-18-26-52-110(88)135(122(98)75-126(102)139)84-38-12-4-13-39-84)104-77-129-64-62-116(104)137-112-54-28-20-46-90(112)100-68-96-86-42-16-24-50-108(86)133(120(96)73-124(100)137)82-34-8-2-9-35-82)72-107(132-128)81-59-61-95(119(67-81)140-115-57-31-23-49-93(115)103-71-99-89-45-19-27-53-111(89)136(123(99)76-127(103)140)85-40-14-5-15-41-85)105-78-130-65-63-117(105)138-113-55-29-21-47-91(113)101-69-97-87-43-17-25-51-109(87)134(121(97)74-125(101)138)83-36-10-3-11-37-83/h1-78H. The molecule has 0 saturated carbocycles. The lowest BCUT2D eigenvalue weighted by Crippen LogP contribution is -2.04. The predicted molar refractivity (Wildman–Crippen MR) is 580 cm³/mol. The largest absolute Gasteiger partial charge is 0.309 e. The van der Waals surface area contributed by atoms with Gasteiger partial charge in [-0.05, 0) is 176 Å². The number of benzene rings is 19. The average molecular weight is 1780 g/mol. The summed E-state index contributed by atoms with van der Waals surface area (Å²) in [6, 6.07) is 165. The second-order valence-corrected chi connectivity index (χ2v) is 36.8. The number of nitrogens with zero attached hydrogens (tertiary/aromatic N) is 12. The van der Waals surface area contributed by atoms with Crippen molar-refractivity contribution in [2.45, 2.75) is 0 Å². The van der Waals surface area contributed by atoms with Gasteiger partial charge in [-0.3, -0.25) is 9.97 Å². The summed E-state index contributed by atoms with van der Waals surface area (Å²) in [5.41, 5.74) is 33.7. The Morgan fingerprint density at radius 2 is 0.371 bits per heavy atom. The van der Waals surface area contributed by atoms with Gasteiger partial charge >= 0.3 is 0 Å². The molecule has 19 aromatic carbocycles. The third-order valence-corrected chi connectivity index (χ3v) is 29.4. The summed E-state index contributed by atoms with van der Waals surface area (Å²) in [6.45, 7) is 0. The number of hydrogen-bond donors (Lipinski definition) is 0. The molecule has 11 aromatic heterocycles. The van der Waals surface area contributed by atoms with Gasteiger partial charge in [-0.15, -0.1) is 0 Å². The average Bonchev–Trinajstić information content (AvgIpc) is 1.56. The van der Waals surface area contributed by atoms with Crippen LogP contribution in [0.4, 0.5) is 0 Å². The molecule has 0 N–H and O–H groups in total. The number of hydrogen-bond acceptors (Lipinski definition) is 4. The van der Waals surface area contributed by atoms with Crippen LogP contribution in [0.25, 0.3) is 276 Å². The number of para-hydroxylation sites is 12. The summed E-state index contributed by atoms with van der Waals surface area (Å²) in [5.74, 6) is 0.581. The van der Waals surface area contributed by atoms with E-state index in [1.807, 2.05) is 12.4 Å². The molecule has 0 fully saturated rings. The number of aromatic nitrogens is 12. The molecule has 0 aliphatic rings. The molecule has 0 radical (unpaired) electrons. The van der Waals surface area contributed by atoms with E-state index in [1.165, 1.54) is 43.1 Å². The quantitative estimate of drug-likeness (QED) is 0.115. The van der Waals surface area contributed by atoms with Gasteiger partial charge in [0.15, 0.2) is 5.82 Å². The molecule has 0 bridgehead atoms. The van der Waals surface area contributed by atoms with Crippen molar-refractivity contribution in [2.24, 2.45) is 0 Å². The molecule has 0 saturated heterocycles. The molecular formula is C128H78N12. The van der Waals surface area contributed by atoms with Crippen LogP contribution in [0.5, 0.6) is 0 Å². The maximum atomic E-state index is 5.84. The summed E-state index contributed by atoms with van der Waals surface area (Å²) in [4.78, 5) is 22.0. The van der Waals surface area contributed by atoms with Crippen molar-refractivity contribution in [1.29, 1.82) is 0 Å². The third-order valence-electron chi connectivity index (χ3n) is 29.4. The lowest BCUT2D eigenvalue weighted by Gasteiger charge is -2.20. The zero-order valence-corrected chi connectivity index (χ0v) is 75.4. The van der Waals surface area contributed by atoms with Crippen LogP contribution in [0.1, 0.15) is 0 Å². The van der Waals surface area contributed by atoms with Crippen LogP contribution in [0.15, 0.2) is 474 Å². The van der Waals surface area contributed by atoms with Crippen LogP contribution in [0, 0.1) is 0 Å². The Hall–Kier alpha value is -19.0. The Morgan fingerprint density at radius 3 is 0.643 bits per heavy atom. The smallest absolute Gasteiger partial charge is 0.160 e. The predicted octanol–water partition coefficient (Wildman–Crippen LogP) is 32.4. The summed E-state index contributed by atoms with van der Waals surface area (Å²) < 4.78 is 19.7. The molecule has 0 spiro atoms. The first kappa shape index (κ1) is 77.4. The third kappa shape index (κ3) is 11.4. The summed E-state index contributed by atoms with van der Waals surface area (Å²) in [6.07, 6.45) is 8.06. The van der Waals surface area contributed by atoms with Crippen molar-refractivity contribution in [3.63, 3.8) is 0 Å². The molecule has 30 rings (SSSR count). The van der Waals surface area contributed by atoms with Gasteiger partial charge in [-0.1, -0.05) is 273 Å². The normalized spacial score (nSPS) is 12.1. The molecule has 0 atom stereocenters. The lowest BCUT2D eigenvalue weighted by atomic mass is 9.97. The highest BCUT2D eigenvalue weighted by Crippen LogP contribution is 2.51. The Morgan fingerprint density at radius 1 is 0.143 bits per heavy atom. The van der Waals surface area contributed by atoms with E-state index in [0.29, 0.717) is 5.82 Å². The van der Waals surface area contributed by atoms with E-state index in [4.69, 9.17) is 19.9 Å². The second kappa shape index (κ2) is 30.2. The maximum Gasteiger partial charge on any atom is 0.160 e. The molecule has 11 heterocycles. The molecule has 140 heavy (non-hydrogen) atoms. The molecular weight excluding hydrogens is 1710 g/mol. The Balaban J connectivity index is 0.683. The molecule has 0 aliphatic heterocycles. The Bertz CT molecular complexity index is 9890. The molecule has 30 aromatic rings. The van der Waals surface area contributed by atoms with E-state index >= 15 is 0 Å². The number of rotatable bonds is 13. The van der Waals surface area contributed by atoms with E-state index < -0.39 is 0 Å². The van der Waals surface area contributed by atoms with E-state index in [2.05, 4.69) is 498 Å². The van der Waals surface area contributed by atoms with Crippen molar-refractivity contribution >= 4 is 174 Å². The highest BCUT2D eigenvalue weighted by atomic mass is 15.1. The fraction of sp³-hybridized carbons (Fsp3) is 0. The van der Waals surface area contributed by atoms with Gasteiger partial charge in [0.1, 0.15) is 0 Å². The number of fused-ring (bicyclic) bond motifs is 24. The van der Waals surface area contributed by atoms with Crippen LogP contribution in [-0.4, -0.2) is 56.5 Å². The molecule has 12 heteroatoms. The van der Waals surface area contributed by atoms with Crippen molar-refractivity contribution < 1.29 is 0 Å². The van der Waals surface area contributed by atoms with Crippen LogP contribution >= 0.6 is 0 Å². The molecule has 0 aliphatic carbocycles. The van der Waals surface area contributed by atoms with Crippen molar-refractivity contribution in [3.05, 3.63) is 474 Å². The zero-order chi connectivity index (χ0) is 91.5. The summed E-state index contributed by atoms with van der Waals surface area (Å²) >= 11 is 0. The lowest BCUT2D eigenvalue weighted by molar-refractivity contribution is 1.13. The summed E-state index contributed by atoms with van der Waals surface area (Å²) in [5, 5.41) is 18.6. The van der Waals surface area contributed by atoms with Gasteiger partial charge in [-0.25, -0.2) is 9.97 Å². The van der Waals surface area contributed by atoms with E-state index in [0.717, 1.165) is 227 Å². The fourth-order valence-electron chi connectivity index (χ4n) is 23.4. The Labute approximate surface area is 800 Å². The SMILES string of the molecule is c1ccc(-c2nc(-c3ccc(-c4cnccc4-n4c5ccccc5c5cc6c7ccccc7n(-c7ccccc7)c6cc54)c(-n4c5ccccc5c5cc6c7ccccc7n(-c7ccccc7)c6cc54)c3)cc(-c3ccc(-c4cnccc4-n4c5ccccc5c5cc6c7ccccc7n(-c7ccccc7)c6cc54)c(-n4c5ccccc5c5cc6c7ccccc7n(-c7ccccc7)c6cc54)c3)n2)cc1. The molecule has 12 nitrogen and oxygen atoms in total. The number of pyridine rings is 2. The molecule has 0 unspecified atom stereocenters. The van der Waals surface area contributed by atoms with E-state index in [-0.39, 0.29) is 0 Å². The molecule has 650 valence electrons. The van der Waals surface area contributed by atoms with Gasteiger partial charge < -0.3 is 36.5 Å². The van der Waals surface area contributed by atoms with Gasteiger partial charge in [0.05, 0.1) is 122 Å². The van der Waals surface area contributed by atoms with Crippen molar-refractivity contribution in [3.8, 4) is 102 Å². The highest BCUT2D eigenvalue weighted by molar-refractivity contribution is 6.25. The minimum atomic E-state index is 0.581. The molecule has 0 amide bonds. The highest BCUT2D eigenvalue weighted by Gasteiger charge is 2.30. The van der Waals surface area contributed by atoms with Crippen LogP contribution in [-0.2, 0) is 0 Å². The first-order valence-electron chi connectivity index (χ1n) is 47.7. The van der Waals surface area contributed by atoms with Crippen LogP contribution in [0.3, 0.4) is 0 Å². The van der Waals surface area contributed by atoms with Gasteiger partial charge in [-0.2, -0.15) is 0 Å². The Kier molecular flexibility index (Phi) is 16.7. The van der Waals surface area contributed by atoms with Crippen LogP contribution < -0.4 is 0 Å². The van der Waals surface area contributed by atoms with Gasteiger partial charge in [0, 0.05) is 173 Å². The minimum absolute atomic E-state index is 0.581. The van der Waals surface area contributed by atoms with E-state index in [1.54, 1.807) is 0 Å². The topological polar surface area (TPSA) is 91.0 Å². The van der Waals surface area contributed by atoms with Crippen molar-refractivity contribution in [2.75, 3.05) is 0 Å². The summed E-state index contributed by atoms with van der Waals surface area (Å²) in [7, 11) is 0. The second-order valence-electron chi connectivity index (χ2n) is 36.8. The monoisotopic (exact) mass is 1780 g/mol. The van der Waals surface area contributed by atoms with E-state index in [9.17, 15) is 0 Å². The zero-order valence-electron chi connectivity index (χ0n) is 75.4. The maximum absolute atomic E-state index is 5.84. The van der Waals surface area contributed by atoms with Gasteiger partial charge in [0.25, 0.3) is 0 Å². The van der Waals surface area contributed by atoms with Crippen LogP contribution in [0.2, 0.25) is 0 Å².